The van der Waals surface area contributed by atoms with E-state index in [1.165, 1.54) is 37.7 Å². The van der Waals surface area contributed by atoms with Crippen molar-refractivity contribution in [2.45, 2.75) is 39.0 Å². The summed E-state index contributed by atoms with van der Waals surface area (Å²) in [4.78, 5) is 8.00. The highest BCUT2D eigenvalue weighted by molar-refractivity contribution is 7.07. The van der Waals surface area contributed by atoms with Crippen molar-refractivity contribution in [3.05, 3.63) is 22.4 Å². The number of unbranched alkanes of at least 4 members (excludes halogenated alkanes) is 3. The van der Waals surface area contributed by atoms with E-state index in [-0.39, 0.29) is 0 Å². The van der Waals surface area contributed by atoms with Crippen LogP contribution in [-0.2, 0) is 11.2 Å². The average molecular weight is 198 g/mol. The van der Waals surface area contributed by atoms with Crippen LogP contribution >= 0.6 is 11.3 Å². The lowest BCUT2D eigenvalue weighted by Crippen LogP contribution is -1.81. The van der Waals surface area contributed by atoms with Crippen molar-refractivity contribution in [1.29, 1.82) is 0 Å². The fourth-order valence-corrected chi connectivity index (χ4v) is 1.89. The first kappa shape index (κ1) is 12.4. The average Bonchev–Trinajstić information content (AvgIpc) is 2.68. The lowest BCUT2D eigenvalue weighted by Gasteiger charge is -1.96. The Kier molecular flexibility index (Phi) is 9.00. The van der Waals surface area contributed by atoms with E-state index in [0.29, 0.717) is 0 Å². The molecule has 2 heteroatoms. The van der Waals surface area contributed by atoms with Crippen molar-refractivity contribution >= 4 is 18.1 Å². The lowest BCUT2D eigenvalue weighted by atomic mass is 10.1. The van der Waals surface area contributed by atoms with Gasteiger partial charge in [0.05, 0.1) is 0 Å². The van der Waals surface area contributed by atoms with Gasteiger partial charge < -0.3 is 4.79 Å². The third kappa shape index (κ3) is 6.52. The molecule has 1 aromatic rings. The Morgan fingerprint density at radius 1 is 1.31 bits per heavy atom. The Labute approximate surface area is 84.8 Å². The quantitative estimate of drug-likeness (QED) is 0.659. The monoisotopic (exact) mass is 198 g/mol. The molecule has 0 spiro atoms. The van der Waals surface area contributed by atoms with Crippen molar-refractivity contribution in [3.8, 4) is 0 Å². The van der Waals surface area contributed by atoms with Crippen molar-refractivity contribution in [2.75, 3.05) is 0 Å². The van der Waals surface area contributed by atoms with Gasteiger partial charge in [-0.2, -0.15) is 11.3 Å². The molecule has 74 valence electrons. The molecule has 0 saturated heterocycles. The number of carbonyl (C=O) groups is 1. The van der Waals surface area contributed by atoms with Gasteiger partial charge in [0.1, 0.15) is 6.79 Å². The summed E-state index contributed by atoms with van der Waals surface area (Å²) < 4.78 is 0. The minimum absolute atomic E-state index is 1.28. The van der Waals surface area contributed by atoms with Crippen molar-refractivity contribution in [1.82, 2.24) is 0 Å². The second-order valence-corrected chi connectivity index (χ2v) is 3.72. The fourth-order valence-electron chi connectivity index (χ4n) is 1.19. The summed E-state index contributed by atoms with van der Waals surface area (Å²) in [7, 11) is 0. The van der Waals surface area contributed by atoms with E-state index in [9.17, 15) is 0 Å². The first-order chi connectivity index (χ1) is 6.43. The number of carbonyl (C=O) groups excluding carboxylic acids is 1. The topological polar surface area (TPSA) is 17.1 Å². The van der Waals surface area contributed by atoms with E-state index in [0.717, 1.165) is 0 Å². The predicted molar refractivity (Wildman–Crippen MR) is 59.3 cm³/mol. The molecule has 0 aromatic carbocycles. The Hall–Kier alpha value is -0.630. The van der Waals surface area contributed by atoms with Crippen LogP contribution in [0, 0.1) is 0 Å². The molecule has 0 aliphatic rings. The molecule has 1 aromatic heterocycles. The molecular weight excluding hydrogens is 180 g/mol. The largest absolute Gasteiger partial charge is 0.307 e. The summed E-state index contributed by atoms with van der Waals surface area (Å²) >= 11 is 1.80. The van der Waals surface area contributed by atoms with E-state index in [1.807, 2.05) is 6.79 Å². The third-order valence-corrected chi connectivity index (χ3v) is 2.63. The molecule has 0 amide bonds. The number of hydrogen-bond donors (Lipinski definition) is 0. The molecule has 13 heavy (non-hydrogen) atoms. The van der Waals surface area contributed by atoms with Crippen LogP contribution in [-0.4, -0.2) is 6.79 Å². The number of thiophene rings is 1. The van der Waals surface area contributed by atoms with Gasteiger partial charge in [-0.05, 0) is 35.2 Å². The maximum absolute atomic E-state index is 8.00. The van der Waals surface area contributed by atoms with Crippen LogP contribution in [0.1, 0.15) is 38.2 Å². The second-order valence-electron chi connectivity index (χ2n) is 2.94. The van der Waals surface area contributed by atoms with Crippen LogP contribution in [0.2, 0.25) is 0 Å². The van der Waals surface area contributed by atoms with E-state index < -0.39 is 0 Å². The summed E-state index contributed by atoms with van der Waals surface area (Å²) in [5, 5.41) is 4.42. The summed E-state index contributed by atoms with van der Waals surface area (Å²) in [6.45, 7) is 4.25. The normalized spacial score (nSPS) is 9.00. The van der Waals surface area contributed by atoms with Crippen molar-refractivity contribution in [2.24, 2.45) is 0 Å². The maximum Gasteiger partial charge on any atom is 0.106 e. The minimum atomic E-state index is 1.28. The van der Waals surface area contributed by atoms with Crippen LogP contribution in [0.4, 0.5) is 0 Å². The predicted octanol–water partition coefficient (Wildman–Crippen LogP) is 3.69. The molecule has 1 rings (SSSR count). The number of aryl methyl sites for hydroxylation is 1. The first-order valence-electron chi connectivity index (χ1n) is 4.73. The van der Waals surface area contributed by atoms with Gasteiger partial charge in [-0.1, -0.05) is 26.2 Å². The summed E-state index contributed by atoms with van der Waals surface area (Å²) in [6.07, 6.45) is 6.77. The van der Waals surface area contributed by atoms with Gasteiger partial charge in [0.2, 0.25) is 0 Å². The number of hydrogen-bond acceptors (Lipinski definition) is 2. The second kappa shape index (κ2) is 9.46. The molecule has 0 aliphatic carbocycles. The molecule has 1 nitrogen and oxygen atoms in total. The third-order valence-electron chi connectivity index (χ3n) is 1.90. The van der Waals surface area contributed by atoms with E-state index >= 15 is 0 Å². The molecule has 0 bridgehead atoms. The van der Waals surface area contributed by atoms with Crippen LogP contribution in [0.5, 0.6) is 0 Å². The summed E-state index contributed by atoms with van der Waals surface area (Å²) in [5.41, 5.74) is 1.52. The van der Waals surface area contributed by atoms with Gasteiger partial charge in [0.25, 0.3) is 0 Å². The molecule has 0 fully saturated rings. The highest BCUT2D eigenvalue weighted by Gasteiger charge is 1.91. The van der Waals surface area contributed by atoms with Crippen LogP contribution in [0.25, 0.3) is 0 Å². The highest BCUT2D eigenvalue weighted by Crippen LogP contribution is 2.10. The van der Waals surface area contributed by atoms with E-state index in [4.69, 9.17) is 4.79 Å². The SMILES string of the molecule is C=O.CCCCCCc1ccsc1. The Morgan fingerprint density at radius 3 is 2.62 bits per heavy atom. The van der Waals surface area contributed by atoms with E-state index in [2.05, 4.69) is 23.8 Å². The zero-order valence-electron chi connectivity index (χ0n) is 8.29. The number of rotatable bonds is 5. The van der Waals surface area contributed by atoms with Gasteiger partial charge in [-0.25, -0.2) is 0 Å². The molecule has 0 aliphatic heterocycles. The Morgan fingerprint density at radius 2 is 2.08 bits per heavy atom. The molecule has 1 heterocycles. The molecule has 0 unspecified atom stereocenters. The standard InChI is InChI=1S/C10H16S.CH2O/c1-2-3-4-5-6-10-7-8-11-9-10;1-2/h7-9H,2-6H2,1H3;1H2. The lowest BCUT2D eigenvalue weighted by molar-refractivity contribution is -0.0979. The minimum Gasteiger partial charge on any atom is -0.307 e. The molecule has 0 atom stereocenters. The maximum atomic E-state index is 8.00. The summed E-state index contributed by atoms with van der Waals surface area (Å²) in [5.74, 6) is 0. The smallest absolute Gasteiger partial charge is 0.106 e. The molecule has 0 saturated carbocycles. The highest BCUT2D eigenvalue weighted by atomic mass is 32.1. The zero-order chi connectivity index (χ0) is 9.94. The molecule has 0 radical (unpaired) electrons. The molecule has 0 N–H and O–H groups in total. The van der Waals surface area contributed by atoms with Gasteiger partial charge in [-0.3, -0.25) is 0 Å². The Bertz CT molecular complexity index is 182. The van der Waals surface area contributed by atoms with Gasteiger partial charge >= 0.3 is 0 Å². The Balaban J connectivity index is 0.000000671. The van der Waals surface area contributed by atoms with Crippen LogP contribution in [0.3, 0.4) is 0 Å². The van der Waals surface area contributed by atoms with Crippen LogP contribution in [0.15, 0.2) is 16.8 Å². The fraction of sp³-hybridized carbons (Fsp3) is 0.545. The van der Waals surface area contributed by atoms with Gasteiger partial charge in [0.15, 0.2) is 0 Å². The first-order valence-corrected chi connectivity index (χ1v) is 5.67. The van der Waals surface area contributed by atoms with Crippen molar-refractivity contribution in [3.63, 3.8) is 0 Å². The summed E-state index contributed by atoms with van der Waals surface area (Å²) in [6, 6.07) is 2.23. The van der Waals surface area contributed by atoms with Crippen LogP contribution < -0.4 is 0 Å². The van der Waals surface area contributed by atoms with Gasteiger partial charge in [-0.15, -0.1) is 0 Å². The molecular formula is C11H18OS. The van der Waals surface area contributed by atoms with Gasteiger partial charge in [0, 0.05) is 0 Å². The van der Waals surface area contributed by atoms with E-state index in [1.54, 1.807) is 11.3 Å². The van der Waals surface area contributed by atoms with Crippen molar-refractivity contribution < 1.29 is 4.79 Å². The zero-order valence-corrected chi connectivity index (χ0v) is 9.11.